The third-order valence-corrected chi connectivity index (χ3v) is 3.93. The maximum atomic E-state index is 4.23. The van der Waals surface area contributed by atoms with E-state index in [1.165, 1.54) is 10.8 Å². The SMILES string of the molecule is CC(C)(C)CCNCCSc1nccs1. The number of thioether (sulfide) groups is 1. The molecule has 0 unspecified atom stereocenters. The van der Waals surface area contributed by atoms with Gasteiger partial charge in [0.05, 0.1) is 0 Å². The summed E-state index contributed by atoms with van der Waals surface area (Å²) >= 11 is 3.54. The molecule has 1 N–H and O–H groups in total. The van der Waals surface area contributed by atoms with Crippen LogP contribution in [0.4, 0.5) is 0 Å². The van der Waals surface area contributed by atoms with Gasteiger partial charge >= 0.3 is 0 Å². The molecule has 0 saturated carbocycles. The van der Waals surface area contributed by atoms with Crippen LogP contribution < -0.4 is 5.32 Å². The van der Waals surface area contributed by atoms with Gasteiger partial charge in [-0.25, -0.2) is 4.98 Å². The molecule has 1 rings (SSSR count). The number of nitrogens with zero attached hydrogens (tertiary/aromatic N) is 1. The van der Waals surface area contributed by atoms with Crippen LogP contribution in [0.3, 0.4) is 0 Å². The molecule has 0 fully saturated rings. The second-order valence-electron chi connectivity index (χ2n) is 4.71. The molecule has 1 aromatic rings. The monoisotopic (exact) mass is 244 g/mol. The highest BCUT2D eigenvalue weighted by Crippen LogP contribution is 2.19. The van der Waals surface area contributed by atoms with Crippen LogP contribution in [0.2, 0.25) is 0 Å². The van der Waals surface area contributed by atoms with Crippen molar-refractivity contribution >= 4 is 23.1 Å². The molecule has 0 aliphatic heterocycles. The van der Waals surface area contributed by atoms with Gasteiger partial charge in [-0.05, 0) is 18.4 Å². The molecule has 0 spiro atoms. The Morgan fingerprint density at radius 3 is 2.80 bits per heavy atom. The summed E-state index contributed by atoms with van der Waals surface area (Å²) in [7, 11) is 0. The zero-order valence-electron chi connectivity index (χ0n) is 9.75. The average Bonchev–Trinajstić information content (AvgIpc) is 2.61. The molecule has 0 bridgehead atoms. The van der Waals surface area contributed by atoms with Gasteiger partial charge in [0, 0.05) is 23.9 Å². The van der Waals surface area contributed by atoms with Crippen molar-refractivity contribution < 1.29 is 0 Å². The molecule has 0 aromatic carbocycles. The van der Waals surface area contributed by atoms with Crippen LogP contribution in [0.1, 0.15) is 27.2 Å². The van der Waals surface area contributed by atoms with E-state index in [0.29, 0.717) is 5.41 Å². The van der Waals surface area contributed by atoms with E-state index in [4.69, 9.17) is 0 Å². The fourth-order valence-corrected chi connectivity index (χ4v) is 2.69. The number of hydrogen-bond acceptors (Lipinski definition) is 4. The van der Waals surface area contributed by atoms with Gasteiger partial charge in [-0.1, -0.05) is 32.5 Å². The average molecular weight is 244 g/mol. The van der Waals surface area contributed by atoms with E-state index < -0.39 is 0 Å². The van der Waals surface area contributed by atoms with Crippen molar-refractivity contribution in [2.24, 2.45) is 5.41 Å². The molecule has 0 saturated heterocycles. The molecule has 2 nitrogen and oxygen atoms in total. The Kier molecular flexibility index (Phi) is 5.64. The van der Waals surface area contributed by atoms with Gasteiger partial charge in [0.1, 0.15) is 4.34 Å². The summed E-state index contributed by atoms with van der Waals surface area (Å²) in [5.74, 6) is 1.11. The number of nitrogens with one attached hydrogen (secondary N) is 1. The predicted octanol–water partition coefficient (Wildman–Crippen LogP) is 3.26. The van der Waals surface area contributed by atoms with E-state index >= 15 is 0 Å². The summed E-state index contributed by atoms with van der Waals surface area (Å²) < 4.78 is 1.17. The molecule has 0 aliphatic carbocycles. The lowest BCUT2D eigenvalue weighted by Crippen LogP contribution is -2.22. The normalized spacial score (nSPS) is 11.9. The fraction of sp³-hybridized carbons (Fsp3) is 0.727. The van der Waals surface area contributed by atoms with Crippen LogP contribution >= 0.6 is 23.1 Å². The van der Waals surface area contributed by atoms with E-state index in [0.717, 1.165) is 18.8 Å². The Labute approximate surface area is 101 Å². The summed E-state index contributed by atoms with van der Waals surface area (Å²) in [6.07, 6.45) is 3.09. The number of hydrogen-bond donors (Lipinski definition) is 1. The Bertz CT molecular complexity index is 252. The van der Waals surface area contributed by atoms with Gasteiger partial charge < -0.3 is 5.32 Å². The fourth-order valence-electron chi connectivity index (χ4n) is 1.08. The first-order chi connectivity index (χ1) is 7.08. The predicted molar refractivity (Wildman–Crippen MR) is 69.8 cm³/mol. The van der Waals surface area contributed by atoms with Crippen LogP contribution in [0.25, 0.3) is 0 Å². The lowest BCUT2D eigenvalue weighted by atomic mass is 9.92. The van der Waals surface area contributed by atoms with E-state index in [-0.39, 0.29) is 0 Å². The first-order valence-electron chi connectivity index (χ1n) is 5.31. The summed E-state index contributed by atoms with van der Waals surface area (Å²) in [5.41, 5.74) is 0.440. The van der Waals surface area contributed by atoms with Crippen molar-refractivity contribution in [3.8, 4) is 0 Å². The van der Waals surface area contributed by atoms with E-state index in [9.17, 15) is 0 Å². The molecular formula is C11H20N2S2. The smallest absolute Gasteiger partial charge is 0.149 e. The third-order valence-electron chi connectivity index (χ3n) is 1.97. The third kappa shape index (κ3) is 6.93. The number of thiazole rings is 1. The minimum atomic E-state index is 0.440. The van der Waals surface area contributed by atoms with Crippen molar-refractivity contribution in [1.82, 2.24) is 10.3 Å². The van der Waals surface area contributed by atoms with Gasteiger partial charge in [0.25, 0.3) is 0 Å². The molecule has 1 aromatic heterocycles. The second kappa shape index (κ2) is 6.51. The molecule has 0 amide bonds. The van der Waals surface area contributed by atoms with E-state index in [1.807, 2.05) is 23.3 Å². The standard InChI is InChI=1S/C11H20N2S2/c1-11(2,3)4-5-12-6-8-14-10-13-7-9-15-10/h7,9,12H,4-6,8H2,1-3H3. The van der Waals surface area contributed by atoms with Crippen molar-refractivity contribution in [2.75, 3.05) is 18.8 Å². The van der Waals surface area contributed by atoms with Crippen LogP contribution in [0, 0.1) is 5.41 Å². The Hall–Kier alpha value is -0.0600. The Balaban J connectivity index is 1.94. The zero-order chi connectivity index (χ0) is 11.1. The highest BCUT2D eigenvalue weighted by atomic mass is 32.2. The summed E-state index contributed by atoms with van der Waals surface area (Å²) in [6, 6.07) is 0. The number of aromatic nitrogens is 1. The van der Waals surface area contributed by atoms with Crippen LogP contribution in [-0.4, -0.2) is 23.8 Å². The van der Waals surface area contributed by atoms with Gasteiger partial charge in [0.2, 0.25) is 0 Å². The minimum absolute atomic E-state index is 0.440. The maximum Gasteiger partial charge on any atom is 0.149 e. The zero-order valence-corrected chi connectivity index (χ0v) is 11.4. The van der Waals surface area contributed by atoms with E-state index in [2.05, 4.69) is 31.1 Å². The Morgan fingerprint density at radius 2 is 2.20 bits per heavy atom. The van der Waals surface area contributed by atoms with Crippen LogP contribution in [-0.2, 0) is 0 Å². The lowest BCUT2D eigenvalue weighted by molar-refractivity contribution is 0.369. The molecule has 15 heavy (non-hydrogen) atoms. The highest BCUT2D eigenvalue weighted by molar-refractivity contribution is 8.01. The Morgan fingerprint density at radius 1 is 1.40 bits per heavy atom. The molecule has 0 radical (unpaired) electrons. The minimum Gasteiger partial charge on any atom is -0.316 e. The molecule has 1 heterocycles. The van der Waals surface area contributed by atoms with Crippen LogP contribution in [0.15, 0.2) is 15.9 Å². The van der Waals surface area contributed by atoms with Gasteiger partial charge in [-0.2, -0.15) is 0 Å². The molecular weight excluding hydrogens is 224 g/mol. The van der Waals surface area contributed by atoms with E-state index in [1.54, 1.807) is 11.3 Å². The van der Waals surface area contributed by atoms with Crippen molar-refractivity contribution in [2.45, 2.75) is 31.5 Å². The molecule has 0 atom stereocenters. The largest absolute Gasteiger partial charge is 0.316 e. The number of rotatable bonds is 6. The first-order valence-corrected chi connectivity index (χ1v) is 7.17. The van der Waals surface area contributed by atoms with Gasteiger partial charge in [-0.15, -0.1) is 11.3 Å². The summed E-state index contributed by atoms with van der Waals surface area (Å²) in [5, 5.41) is 5.48. The van der Waals surface area contributed by atoms with Crippen molar-refractivity contribution in [1.29, 1.82) is 0 Å². The molecule has 0 aliphatic rings. The van der Waals surface area contributed by atoms with Crippen molar-refractivity contribution in [3.63, 3.8) is 0 Å². The topological polar surface area (TPSA) is 24.9 Å². The quantitative estimate of drug-likeness (QED) is 0.614. The first kappa shape index (κ1) is 13.0. The molecule has 4 heteroatoms. The maximum absolute atomic E-state index is 4.23. The van der Waals surface area contributed by atoms with Crippen molar-refractivity contribution in [3.05, 3.63) is 11.6 Å². The van der Waals surface area contributed by atoms with Crippen LogP contribution in [0.5, 0.6) is 0 Å². The second-order valence-corrected chi connectivity index (χ2v) is 6.94. The summed E-state index contributed by atoms with van der Waals surface area (Å²) in [4.78, 5) is 4.23. The lowest BCUT2D eigenvalue weighted by Gasteiger charge is -2.17. The van der Waals surface area contributed by atoms with Gasteiger partial charge in [-0.3, -0.25) is 0 Å². The highest BCUT2D eigenvalue weighted by Gasteiger charge is 2.08. The van der Waals surface area contributed by atoms with Gasteiger partial charge in [0.15, 0.2) is 0 Å². The molecule has 86 valence electrons. The summed E-state index contributed by atoms with van der Waals surface area (Å²) in [6.45, 7) is 9.01.